The summed E-state index contributed by atoms with van der Waals surface area (Å²) in [5, 5.41) is 32.5. The van der Waals surface area contributed by atoms with Crippen LogP contribution in [0.3, 0.4) is 0 Å². The smallest absolute Gasteiger partial charge is 0.227 e. The van der Waals surface area contributed by atoms with Crippen molar-refractivity contribution < 1.29 is 5.11 Å². The zero-order valence-corrected chi connectivity index (χ0v) is 18.8. The molecule has 0 aliphatic carbocycles. The lowest BCUT2D eigenvalue weighted by atomic mass is 10.0. The van der Waals surface area contributed by atoms with E-state index in [9.17, 15) is 10.4 Å². The van der Waals surface area contributed by atoms with Gasteiger partial charge in [-0.3, -0.25) is 0 Å². The monoisotopic (exact) mass is 455 g/mol. The second-order valence-electron chi connectivity index (χ2n) is 8.32. The van der Waals surface area contributed by atoms with Gasteiger partial charge in [0.25, 0.3) is 0 Å². The van der Waals surface area contributed by atoms with Gasteiger partial charge in [0.15, 0.2) is 6.17 Å². The van der Waals surface area contributed by atoms with Crippen LogP contribution in [0, 0.1) is 11.3 Å². The van der Waals surface area contributed by atoms with E-state index in [1.165, 1.54) is 0 Å². The molecule has 3 N–H and O–H groups in total. The van der Waals surface area contributed by atoms with Crippen LogP contribution in [0.1, 0.15) is 25.3 Å². The number of nitriles is 1. The molecule has 0 spiro atoms. The summed E-state index contributed by atoms with van der Waals surface area (Å²) in [5.74, 6) is 0.468. The second-order valence-corrected chi connectivity index (χ2v) is 8.32. The van der Waals surface area contributed by atoms with Gasteiger partial charge in [0.2, 0.25) is 5.95 Å². The van der Waals surface area contributed by atoms with Crippen LogP contribution < -0.4 is 20.8 Å². The van der Waals surface area contributed by atoms with Crippen molar-refractivity contribution in [3.8, 4) is 17.3 Å². The van der Waals surface area contributed by atoms with E-state index in [1.54, 1.807) is 6.20 Å². The third-order valence-electron chi connectivity index (χ3n) is 6.03. The molecule has 0 bridgehead atoms. The Bertz CT molecular complexity index is 1230. The molecule has 2 aliphatic heterocycles. The van der Waals surface area contributed by atoms with Crippen LogP contribution in [-0.2, 0) is 0 Å². The van der Waals surface area contributed by atoms with Crippen molar-refractivity contribution in [2.75, 3.05) is 28.3 Å². The summed E-state index contributed by atoms with van der Waals surface area (Å²) in [6, 6.07) is 17.7. The fourth-order valence-electron chi connectivity index (χ4n) is 4.15. The Balaban J connectivity index is 1.32. The molecule has 0 radical (unpaired) electrons. The largest absolute Gasteiger partial charge is 0.393 e. The molecule has 3 heterocycles. The van der Waals surface area contributed by atoms with E-state index in [0.29, 0.717) is 24.4 Å². The van der Waals surface area contributed by atoms with Gasteiger partial charge in [-0.1, -0.05) is 11.3 Å². The highest BCUT2D eigenvalue weighted by atomic mass is 16.3. The van der Waals surface area contributed by atoms with Crippen molar-refractivity contribution in [2.24, 2.45) is 10.3 Å². The van der Waals surface area contributed by atoms with Crippen molar-refractivity contribution in [1.29, 1.82) is 5.26 Å². The molecule has 0 amide bonds. The number of rotatable bonds is 5. The Hall–Kier alpha value is -4.23. The molecule has 1 aromatic heterocycles. The highest BCUT2D eigenvalue weighted by molar-refractivity contribution is 5.70. The SMILES string of the molecule is CC1N=NNN1c1ccc(Nc2nccc(-c3ccc(N4CCC(O)CC4)c(C#N)c3)n2)cc1. The zero-order valence-electron chi connectivity index (χ0n) is 18.8. The van der Waals surface area contributed by atoms with Crippen molar-refractivity contribution in [3.63, 3.8) is 0 Å². The lowest BCUT2D eigenvalue weighted by Crippen LogP contribution is -2.36. The molecule has 34 heavy (non-hydrogen) atoms. The minimum Gasteiger partial charge on any atom is -0.393 e. The Morgan fingerprint density at radius 3 is 2.62 bits per heavy atom. The molecular formula is C24H25N9O. The Labute approximate surface area is 197 Å². The van der Waals surface area contributed by atoms with E-state index in [4.69, 9.17) is 0 Å². The number of piperidine rings is 1. The van der Waals surface area contributed by atoms with E-state index in [0.717, 1.165) is 41.4 Å². The third kappa shape index (κ3) is 4.46. The molecule has 2 aliphatic rings. The van der Waals surface area contributed by atoms with Crippen LogP contribution in [0.25, 0.3) is 11.3 Å². The van der Waals surface area contributed by atoms with E-state index in [-0.39, 0.29) is 12.3 Å². The minimum atomic E-state index is -0.254. The molecule has 1 fully saturated rings. The molecule has 10 heteroatoms. The van der Waals surface area contributed by atoms with Crippen molar-refractivity contribution in [3.05, 3.63) is 60.3 Å². The molecule has 5 rings (SSSR count). The van der Waals surface area contributed by atoms with Crippen LogP contribution in [0.5, 0.6) is 0 Å². The number of hydrogen-bond donors (Lipinski definition) is 3. The average molecular weight is 456 g/mol. The van der Waals surface area contributed by atoms with Gasteiger partial charge in [0.05, 0.1) is 28.7 Å². The van der Waals surface area contributed by atoms with Crippen molar-refractivity contribution >= 4 is 23.0 Å². The number of aliphatic hydroxyl groups is 1. The lowest BCUT2D eigenvalue weighted by molar-refractivity contribution is 0.145. The average Bonchev–Trinajstić information content (AvgIpc) is 3.30. The highest BCUT2D eigenvalue weighted by Gasteiger charge is 2.20. The first kappa shape index (κ1) is 21.6. The van der Waals surface area contributed by atoms with E-state index in [1.807, 2.05) is 60.5 Å². The molecule has 3 aromatic rings. The first-order chi connectivity index (χ1) is 16.6. The summed E-state index contributed by atoms with van der Waals surface area (Å²) < 4.78 is 0. The summed E-state index contributed by atoms with van der Waals surface area (Å²) in [5.41, 5.74) is 7.73. The van der Waals surface area contributed by atoms with E-state index in [2.05, 4.69) is 42.1 Å². The number of hydrazine groups is 1. The molecular weight excluding hydrogens is 430 g/mol. The van der Waals surface area contributed by atoms with Crippen molar-refractivity contribution in [2.45, 2.75) is 32.0 Å². The number of benzene rings is 2. The van der Waals surface area contributed by atoms with Gasteiger partial charge in [-0.2, -0.15) is 10.8 Å². The first-order valence-electron chi connectivity index (χ1n) is 11.2. The number of anilines is 4. The fraction of sp³-hybridized carbons (Fsp3) is 0.292. The summed E-state index contributed by atoms with van der Waals surface area (Å²) in [6.45, 7) is 3.44. The first-order valence-corrected chi connectivity index (χ1v) is 11.2. The fourth-order valence-corrected chi connectivity index (χ4v) is 4.15. The third-order valence-corrected chi connectivity index (χ3v) is 6.03. The Morgan fingerprint density at radius 1 is 1.12 bits per heavy atom. The highest BCUT2D eigenvalue weighted by Crippen LogP contribution is 2.29. The molecule has 1 atom stereocenters. The minimum absolute atomic E-state index is 0.0648. The predicted molar refractivity (Wildman–Crippen MR) is 129 cm³/mol. The molecule has 10 nitrogen and oxygen atoms in total. The maximum absolute atomic E-state index is 9.77. The van der Waals surface area contributed by atoms with E-state index < -0.39 is 0 Å². The zero-order chi connectivity index (χ0) is 23.5. The topological polar surface area (TPSA) is 125 Å². The van der Waals surface area contributed by atoms with E-state index >= 15 is 0 Å². The van der Waals surface area contributed by atoms with Crippen LogP contribution >= 0.6 is 0 Å². The Morgan fingerprint density at radius 2 is 1.91 bits per heavy atom. The molecule has 0 saturated carbocycles. The molecule has 1 unspecified atom stereocenters. The van der Waals surface area contributed by atoms with Crippen LogP contribution in [-0.4, -0.2) is 40.4 Å². The van der Waals surface area contributed by atoms with Gasteiger partial charge in [-0.25, -0.2) is 15.0 Å². The normalized spacial score (nSPS) is 18.0. The molecule has 1 saturated heterocycles. The quantitative estimate of drug-likeness (QED) is 0.531. The van der Waals surface area contributed by atoms with Gasteiger partial charge in [0, 0.05) is 30.5 Å². The van der Waals surface area contributed by atoms with Crippen LogP contribution in [0.15, 0.2) is 65.1 Å². The van der Waals surface area contributed by atoms with Gasteiger partial charge < -0.3 is 15.3 Å². The summed E-state index contributed by atoms with van der Waals surface area (Å²) >= 11 is 0. The second kappa shape index (κ2) is 9.33. The Kier molecular flexibility index (Phi) is 5.93. The summed E-state index contributed by atoms with van der Waals surface area (Å²) in [6.07, 6.45) is 2.81. The molecule has 172 valence electrons. The van der Waals surface area contributed by atoms with Gasteiger partial charge >= 0.3 is 0 Å². The number of aliphatic hydroxyl groups excluding tert-OH is 1. The number of aromatic nitrogens is 2. The van der Waals surface area contributed by atoms with Crippen molar-refractivity contribution in [1.82, 2.24) is 15.5 Å². The summed E-state index contributed by atoms with van der Waals surface area (Å²) in [4.78, 5) is 11.1. The lowest BCUT2D eigenvalue weighted by Gasteiger charge is -2.32. The molecule has 2 aromatic carbocycles. The maximum Gasteiger partial charge on any atom is 0.227 e. The number of nitrogens with one attached hydrogen (secondary N) is 2. The van der Waals surface area contributed by atoms with Crippen LogP contribution in [0.2, 0.25) is 0 Å². The van der Waals surface area contributed by atoms with Gasteiger partial charge in [-0.15, -0.1) is 5.11 Å². The standard InChI is InChI=1S/C24H25N9O/c1-16-29-30-31-33(16)20-5-3-19(4-6-20)27-24-26-11-8-22(28-24)17-2-7-23(18(14-17)15-25)32-12-9-21(34)10-13-32/h2-8,11,14,16,21,34H,9-10,12-13H2,1H3,(H,29,31)(H,26,27,28). The van der Waals surface area contributed by atoms with Crippen LogP contribution in [0.4, 0.5) is 23.0 Å². The maximum atomic E-state index is 9.77. The van der Waals surface area contributed by atoms with Gasteiger partial charge in [0.1, 0.15) is 6.07 Å². The number of nitrogens with zero attached hydrogens (tertiary/aromatic N) is 7. The van der Waals surface area contributed by atoms with Gasteiger partial charge in [-0.05, 0) is 62.2 Å². The summed E-state index contributed by atoms with van der Waals surface area (Å²) in [7, 11) is 0. The predicted octanol–water partition coefficient (Wildman–Crippen LogP) is 3.76. The number of hydrogen-bond acceptors (Lipinski definition) is 10.